The summed E-state index contributed by atoms with van der Waals surface area (Å²) in [5.41, 5.74) is 2.60. The molecule has 6 heteroatoms. The van der Waals surface area contributed by atoms with Crippen molar-refractivity contribution in [1.29, 1.82) is 0 Å². The van der Waals surface area contributed by atoms with E-state index in [0.717, 1.165) is 64.8 Å². The number of rotatable bonds is 14. The largest absolute Gasteiger partial charge is 0.385 e. The second-order valence-electron chi connectivity index (χ2n) is 7.05. The first kappa shape index (κ1) is 24.4. The minimum Gasteiger partial charge on any atom is -0.385 e. The molecule has 28 heavy (non-hydrogen) atoms. The zero-order chi connectivity index (χ0) is 20.6. The highest BCUT2D eigenvalue weighted by atomic mass is 16.5. The Bertz CT molecular complexity index is 545. The summed E-state index contributed by atoms with van der Waals surface area (Å²) in [5, 5.41) is 6.77. The maximum absolute atomic E-state index is 5.11. The number of nitrogens with one attached hydrogen (secondary N) is 2. The molecule has 0 saturated heterocycles. The number of methoxy groups -OCH3 is 1. The molecule has 0 atom stereocenters. The SMILES string of the molecule is CCNC(=NCc1cccc(CN(CC)CC)c1)NCCN(C)CCCOC. The Labute approximate surface area is 172 Å². The van der Waals surface area contributed by atoms with Gasteiger partial charge >= 0.3 is 0 Å². The number of ether oxygens (including phenoxy) is 1. The van der Waals surface area contributed by atoms with Crippen LogP contribution in [-0.2, 0) is 17.8 Å². The Hall–Kier alpha value is -1.63. The van der Waals surface area contributed by atoms with Crippen molar-refractivity contribution < 1.29 is 4.74 Å². The van der Waals surface area contributed by atoms with Gasteiger partial charge in [0.25, 0.3) is 0 Å². The maximum atomic E-state index is 5.11. The van der Waals surface area contributed by atoms with Crippen molar-refractivity contribution in [2.75, 3.05) is 60.0 Å². The van der Waals surface area contributed by atoms with Gasteiger partial charge in [0.2, 0.25) is 0 Å². The predicted octanol–water partition coefficient (Wildman–Crippen LogP) is 2.55. The molecular weight excluding hydrogens is 350 g/mol. The molecule has 0 heterocycles. The van der Waals surface area contributed by atoms with Crippen molar-refractivity contribution in [2.24, 2.45) is 4.99 Å². The zero-order valence-corrected chi connectivity index (χ0v) is 18.6. The molecule has 0 fully saturated rings. The van der Waals surface area contributed by atoms with E-state index in [1.54, 1.807) is 7.11 Å². The molecule has 0 bridgehead atoms. The number of benzene rings is 1. The van der Waals surface area contributed by atoms with Crippen LogP contribution in [-0.4, -0.2) is 75.8 Å². The van der Waals surface area contributed by atoms with E-state index in [1.807, 2.05) is 0 Å². The van der Waals surface area contributed by atoms with Crippen molar-refractivity contribution in [3.8, 4) is 0 Å². The lowest BCUT2D eigenvalue weighted by atomic mass is 10.1. The summed E-state index contributed by atoms with van der Waals surface area (Å²) in [6.07, 6.45) is 1.06. The van der Waals surface area contributed by atoms with Gasteiger partial charge in [-0.25, -0.2) is 4.99 Å². The second-order valence-corrected chi connectivity index (χ2v) is 7.05. The second kappa shape index (κ2) is 15.3. The van der Waals surface area contributed by atoms with E-state index in [2.05, 4.69) is 72.5 Å². The average Bonchev–Trinajstić information content (AvgIpc) is 2.70. The Kier molecular flexibility index (Phi) is 13.3. The number of likely N-dealkylation sites (N-methyl/N-ethyl adjacent to an activating group) is 1. The quantitative estimate of drug-likeness (QED) is 0.290. The fourth-order valence-corrected chi connectivity index (χ4v) is 3.00. The Balaban J connectivity index is 2.52. The fraction of sp³-hybridized carbons (Fsp3) is 0.682. The van der Waals surface area contributed by atoms with Gasteiger partial charge in [-0.15, -0.1) is 0 Å². The maximum Gasteiger partial charge on any atom is 0.191 e. The summed E-state index contributed by atoms with van der Waals surface area (Å²) in [4.78, 5) is 9.50. The van der Waals surface area contributed by atoms with Gasteiger partial charge in [0.05, 0.1) is 6.54 Å². The van der Waals surface area contributed by atoms with Crippen molar-refractivity contribution in [2.45, 2.75) is 40.3 Å². The average molecular weight is 392 g/mol. The third kappa shape index (κ3) is 10.6. The smallest absolute Gasteiger partial charge is 0.191 e. The van der Waals surface area contributed by atoms with E-state index in [4.69, 9.17) is 9.73 Å². The monoisotopic (exact) mass is 391 g/mol. The molecule has 1 aromatic rings. The Morgan fingerprint density at radius 2 is 1.82 bits per heavy atom. The molecule has 2 N–H and O–H groups in total. The highest BCUT2D eigenvalue weighted by Gasteiger charge is 2.03. The number of hydrogen-bond donors (Lipinski definition) is 2. The summed E-state index contributed by atoms with van der Waals surface area (Å²) in [5.74, 6) is 0.877. The number of guanidine groups is 1. The minimum absolute atomic E-state index is 0.686. The molecule has 0 spiro atoms. The zero-order valence-electron chi connectivity index (χ0n) is 18.6. The molecule has 0 aliphatic carbocycles. The van der Waals surface area contributed by atoms with Gasteiger partial charge in [-0.3, -0.25) is 4.90 Å². The highest BCUT2D eigenvalue weighted by Crippen LogP contribution is 2.09. The van der Waals surface area contributed by atoms with Crippen LogP contribution in [0.25, 0.3) is 0 Å². The number of aliphatic imine (C=N–C) groups is 1. The van der Waals surface area contributed by atoms with E-state index in [0.29, 0.717) is 6.54 Å². The summed E-state index contributed by atoms with van der Waals surface area (Å²) in [7, 11) is 3.89. The van der Waals surface area contributed by atoms with Crippen LogP contribution >= 0.6 is 0 Å². The summed E-state index contributed by atoms with van der Waals surface area (Å²) >= 11 is 0. The molecule has 6 nitrogen and oxygen atoms in total. The lowest BCUT2D eigenvalue weighted by Crippen LogP contribution is -2.41. The standard InChI is InChI=1S/C22H41N5O/c1-6-23-22(24-13-15-26(4)14-10-16-28-5)25-18-20-11-9-12-21(17-20)19-27(7-2)8-3/h9,11-12,17H,6-8,10,13-16,18-19H2,1-5H3,(H2,23,24,25). The van der Waals surface area contributed by atoms with Crippen LogP contribution in [0.1, 0.15) is 38.3 Å². The van der Waals surface area contributed by atoms with Crippen LogP contribution in [0.4, 0.5) is 0 Å². The van der Waals surface area contributed by atoms with Crippen LogP contribution < -0.4 is 10.6 Å². The summed E-state index contributed by atoms with van der Waals surface area (Å²) in [6.45, 7) is 14.9. The summed E-state index contributed by atoms with van der Waals surface area (Å²) in [6, 6.07) is 8.77. The van der Waals surface area contributed by atoms with Crippen molar-refractivity contribution in [1.82, 2.24) is 20.4 Å². The van der Waals surface area contributed by atoms with E-state index >= 15 is 0 Å². The molecule has 0 amide bonds. The molecule has 0 radical (unpaired) electrons. The van der Waals surface area contributed by atoms with Crippen molar-refractivity contribution in [3.05, 3.63) is 35.4 Å². The van der Waals surface area contributed by atoms with Gasteiger partial charge in [0.1, 0.15) is 0 Å². The minimum atomic E-state index is 0.686. The summed E-state index contributed by atoms with van der Waals surface area (Å²) < 4.78 is 5.11. The van der Waals surface area contributed by atoms with Gasteiger partial charge in [-0.05, 0) is 44.6 Å². The highest BCUT2D eigenvalue weighted by molar-refractivity contribution is 5.79. The lowest BCUT2D eigenvalue weighted by Gasteiger charge is -2.18. The predicted molar refractivity (Wildman–Crippen MR) is 120 cm³/mol. The molecule has 1 aromatic carbocycles. The first-order valence-corrected chi connectivity index (χ1v) is 10.6. The molecule has 0 aromatic heterocycles. The van der Waals surface area contributed by atoms with Crippen molar-refractivity contribution >= 4 is 5.96 Å². The topological polar surface area (TPSA) is 52.1 Å². The van der Waals surface area contributed by atoms with Crippen LogP contribution in [0.2, 0.25) is 0 Å². The Morgan fingerprint density at radius 1 is 1.07 bits per heavy atom. The van der Waals surface area contributed by atoms with Crippen LogP contribution in [0, 0.1) is 0 Å². The van der Waals surface area contributed by atoms with Gasteiger partial charge in [-0.2, -0.15) is 0 Å². The van der Waals surface area contributed by atoms with Gasteiger partial charge < -0.3 is 20.3 Å². The molecule has 0 aliphatic heterocycles. The fourth-order valence-electron chi connectivity index (χ4n) is 3.00. The third-order valence-corrected chi connectivity index (χ3v) is 4.73. The van der Waals surface area contributed by atoms with Gasteiger partial charge in [0, 0.05) is 46.4 Å². The van der Waals surface area contributed by atoms with E-state index in [9.17, 15) is 0 Å². The molecular formula is C22H41N5O. The normalized spacial score (nSPS) is 12.0. The van der Waals surface area contributed by atoms with Crippen molar-refractivity contribution in [3.63, 3.8) is 0 Å². The van der Waals surface area contributed by atoms with E-state index in [-0.39, 0.29) is 0 Å². The molecule has 1 rings (SSSR count). The van der Waals surface area contributed by atoms with Gasteiger partial charge in [0.15, 0.2) is 5.96 Å². The van der Waals surface area contributed by atoms with E-state index in [1.165, 1.54) is 11.1 Å². The Morgan fingerprint density at radius 3 is 2.50 bits per heavy atom. The first-order chi connectivity index (χ1) is 13.6. The van der Waals surface area contributed by atoms with Gasteiger partial charge in [-0.1, -0.05) is 38.1 Å². The van der Waals surface area contributed by atoms with Crippen LogP contribution in [0.3, 0.4) is 0 Å². The number of hydrogen-bond acceptors (Lipinski definition) is 4. The third-order valence-electron chi connectivity index (χ3n) is 4.73. The number of nitrogens with zero attached hydrogens (tertiary/aromatic N) is 3. The first-order valence-electron chi connectivity index (χ1n) is 10.6. The molecule has 0 saturated carbocycles. The molecule has 0 aliphatic rings. The molecule has 0 unspecified atom stereocenters. The van der Waals surface area contributed by atoms with Crippen LogP contribution in [0.15, 0.2) is 29.3 Å². The lowest BCUT2D eigenvalue weighted by molar-refractivity contribution is 0.180. The van der Waals surface area contributed by atoms with E-state index < -0.39 is 0 Å². The van der Waals surface area contributed by atoms with Crippen LogP contribution in [0.5, 0.6) is 0 Å². The molecule has 160 valence electrons.